The molecular formula is C46H32N2. The molecule has 0 bridgehead atoms. The van der Waals surface area contributed by atoms with Crippen LogP contribution in [0.15, 0.2) is 170 Å². The summed E-state index contributed by atoms with van der Waals surface area (Å²) in [4.78, 5) is 10.5. The molecule has 2 heteroatoms. The quantitative estimate of drug-likeness (QED) is 0.181. The summed E-state index contributed by atoms with van der Waals surface area (Å²) in [7, 11) is 0. The van der Waals surface area contributed by atoms with E-state index in [1.807, 2.05) is 6.07 Å². The highest BCUT2D eigenvalue weighted by molar-refractivity contribution is 6.25. The van der Waals surface area contributed by atoms with Crippen LogP contribution in [-0.4, -0.2) is 9.97 Å². The first-order valence-electron chi connectivity index (χ1n) is 16.7. The molecular weight excluding hydrogens is 581 g/mol. The van der Waals surface area contributed by atoms with Crippen molar-refractivity contribution < 1.29 is 0 Å². The second-order valence-corrected chi connectivity index (χ2v) is 12.4. The van der Waals surface area contributed by atoms with E-state index < -0.39 is 0 Å². The molecule has 8 aromatic rings. The van der Waals surface area contributed by atoms with Crippen molar-refractivity contribution in [2.45, 2.75) is 12.8 Å². The summed E-state index contributed by atoms with van der Waals surface area (Å²) in [6.07, 6.45) is 8.99. The predicted octanol–water partition coefficient (Wildman–Crippen LogP) is 12.3. The molecule has 48 heavy (non-hydrogen) atoms. The molecule has 0 N–H and O–H groups in total. The summed E-state index contributed by atoms with van der Waals surface area (Å²) < 4.78 is 0. The summed E-state index contributed by atoms with van der Waals surface area (Å²) in [5.74, 6) is 0.715. The Morgan fingerprint density at radius 3 is 1.67 bits per heavy atom. The molecule has 0 amide bonds. The first-order valence-corrected chi connectivity index (χ1v) is 16.7. The van der Waals surface area contributed by atoms with Crippen LogP contribution >= 0.6 is 0 Å². The first kappa shape index (κ1) is 28.1. The fourth-order valence-corrected chi connectivity index (χ4v) is 7.16. The zero-order chi connectivity index (χ0) is 31.9. The standard InChI is InChI=1S/C46H32N2/c1-3-14-31(15-4-1)33-18-13-19-35(28-33)45-30-44(32-16-5-2-6-17-32)47-46(48-45)42-25-12-7-20-36(42)34-26-27-41-39-23-9-8-21-37(39)38-22-10-11-24-40(38)43(41)29-34/h2-3,5-30H,1,4H2. The Kier molecular flexibility index (Phi) is 6.98. The van der Waals surface area contributed by atoms with Crippen LogP contribution in [0.3, 0.4) is 0 Å². The molecule has 0 radical (unpaired) electrons. The van der Waals surface area contributed by atoms with E-state index in [-0.39, 0.29) is 0 Å². The Hall–Kier alpha value is -6.12. The summed E-state index contributed by atoms with van der Waals surface area (Å²) in [5, 5.41) is 7.61. The monoisotopic (exact) mass is 612 g/mol. The number of aromatic nitrogens is 2. The minimum Gasteiger partial charge on any atom is -0.228 e. The van der Waals surface area contributed by atoms with Crippen LogP contribution in [-0.2, 0) is 0 Å². The second-order valence-electron chi connectivity index (χ2n) is 12.4. The molecule has 0 atom stereocenters. The van der Waals surface area contributed by atoms with E-state index >= 15 is 0 Å². The molecule has 9 rings (SSSR count). The normalized spacial score (nSPS) is 12.9. The highest BCUT2D eigenvalue weighted by Gasteiger charge is 2.16. The van der Waals surface area contributed by atoms with Gasteiger partial charge >= 0.3 is 0 Å². The number of benzene rings is 7. The molecule has 226 valence electrons. The van der Waals surface area contributed by atoms with E-state index in [1.54, 1.807) is 0 Å². The lowest BCUT2D eigenvalue weighted by molar-refractivity contribution is 1.04. The molecule has 0 unspecified atom stereocenters. The zero-order valence-electron chi connectivity index (χ0n) is 26.5. The lowest BCUT2D eigenvalue weighted by atomic mass is 9.91. The van der Waals surface area contributed by atoms with E-state index in [9.17, 15) is 0 Å². The third kappa shape index (κ3) is 4.99. The van der Waals surface area contributed by atoms with Gasteiger partial charge in [0.1, 0.15) is 0 Å². The summed E-state index contributed by atoms with van der Waals surface area (Å²) >= 11 is 0. The van der Waals surface area contributed by atoms with Crippen LogP contribution < -0.4 is 0 Å². The van der Waals surface area contributed by atoms with Crippen LogP contribution in [0, 0.1) is 0 Å². The lowest BCUT2D eigenvalue weighted by Gasteiger charge is -2.15. The minimum absolute atomic E-state index is 0.715. The summed E-state index contributed by atoms with van der Waals surface area (Å²) in [6.45, 7) is 0. The fraction of sp³-hybridized carbons (Fsp3) is 0.0435. The summed E-state index contributed by atoms with van der Waals surface area (Å²) in [5.41, 5.74) is 9.70. The average molecular weight is 613 g/mol. The molecule has 1 aliphatic carbocycles. The molecule has 1 aromatic heterocycles. The maximum Gasteiger partial charge on any atom is 0.161 e. The van der Waals surface area contributed by atoms with Gasteiger partial charge in [-0.05, 0) is 85.6 Å². The largest absolute Gasteiger partial charge is 0.228 e. The molecule has 7 aromatic carbocycles. The van der Waals surface area contributed by atoms with Crippen LogP contribution in [0.25, 0.3) is 82.9 Å². The molecule has 2 nitrogen and oxygen atoms in total. The first-order chi connectivity index (χ1) is 23.8. The molecule has 1 aliphatic rings. The van der Waals surface area contributed by atoms with Gasteiger partial charge in [-0.2, -0.15) is 0 Å². The Morgan fingerprint density at radius 1 is 0.375 bits per heavy atom. The van der Waals surface area contributed by atoms with Gasteiger partial charge in [-0.1, -0.05) is 152 Å². The second kappa shape index (κ2) is 11.9. The maximum atomic E-state index is 5.28. The molecule has 0 aliphatic heterocycles. The number of rotatable bonds is 5. The van der Waals surface area contributed by atoms with Crippen LogP contribution in [0.1, 0.15) is 18.4 Å². The Morgan fingerprint density at radius 2 is 0.958 bits per heavy atom. The fourth-order valence-electron chi connectivity index (χ4n) is 7.16. The SMILES string of the molecule is C1=CC(c2cccc(-c3cc(-c4ccccc4)nc(-c4ccccc4-c4ccc5c6ccccc6c6ccccc6c5c4)n3)c2)=CCC1. The highest BCUT2D eigenvalue weighted by atomic mass is 14.9. The number of fused-ring (bicyclic) bond motifs is 6. The smallest absolute Gasteiger partial charge is 0.161 e. The molecule has 1 heterocycles. The number of allylic oxidation sites excluding steroid dienone is 4. The Labute approximate surface area is 280 Å². The Bertz CT molecular complexity index is 2520. The van der Waals surface area contributed by atoms with Gasteiger partial charge in [0.05, 0.1) is 11.4 Å². The van der Waals surface area contributed by atoms with Gasteiger partial charge in [0.15, 0.2) is 5.82 Å². The van der Waals surface area contributed by atoms with Gasteiger partial charge in [0, 0.05) is 16.7 Å². The van der Waals surface area contributed by atoms with E-state index in [1.165, 1.54) is 43.5 Å². The summed E-state index contributed by atoms with van der Waals surface area (Å²) in [6, 6.07) is 54.2. The van der Waals surface area contributed by atoms with E-state index in [4.69, 9.17) is 9.97 Å². The lowest BCUT2D eigenvalue weighted by Crippen LogP contribution is -1.98. The molecule has 0 fully saturated rings. The van der Waals surface area contributed by atoms with Crippen molar-refractivity contribution in [3.05, 3.63) is 175 Å². The number of nitrogens with zero attached hydrogens (tertiary/aromatic N) is 2. The third-order valence-electron chi connectivity index (χ3n) is 9.51. The highest BCUT2D eigenvalue weighted by Crippen LogP contribution is 2.39. The van der Waals surface area contributed by atoms with Crippen molar-refractivity contribution >= 4 is 37.9 Å². The van der Waals surface area contributed by atoms with E-state index in [0.29, 0.717) is 5.82 Å². The number of hydrogen-bond acceptors (Lipinski definition) is 2. The van der Waals surface area contributed by atoms with Crippen molar-refractivity contribution in [3.8, 4) is 45.0 Å². The Balaban J connectivity index is 1.24. The van der Waals surface area contributed by atoms with E-state index in [0.717, 1.165) is 52.0 Å². The topological polar surface area (TPSA) is 25.8 Å². The van der Waals surface area contributed by atoms with Gasteiger partial charge in [0.2, 0.25) is 0 Å². The van der Waals surface area contributed by atoms with Gasteiger partial charge in [-0.3, -0.25) is 0 Å². The molecule has 0 saturated heterocycles. The van der Waals surface area contributed by atoms with Crippen molar-refractivity contribution in [2.24, 2.45) is 0 Å². The van der Waals surface area contributed by atoms with Gasteiger partial charge in [-0.25, -0.2) is 9.97 Å². The van der Waals surface area contributed by atoms with Crippen LogP contribution in [0.5, 0.6) is 0 Å². The molecule has 0 saturated carbocycles. The van der Waals surface area contributed by atoms with Gasteiger partial charge < -0.3 is 0 Å². The van der Waals surface area contributed by atoms with Crippen molar-refractivity contribution in [2.75, 3.05) is 0 Å². The van der Waals surface area contributed by atoms with Gasteiger partial charge in [0.25, 0.3) is 0 Å². The zero-order valence-corrected chi connectivity index (χ0v) is 26.5. The van der Waals surface area contributed by atoms with Crippen molar-refractivity contribution in [1.82, 2.24) is 9.97 Å². The van der Waals surface area contributed by atoms with Crippen molar-refractivity contribution in [1.29, 1.82) is 0 Å². The number of hydrogen-bond donors (Lipinski definition) is 0. The minimum atomic E-state index is 0.715. The predicted molar refractivity (Wildman–Crippen MR) is 203 cm³/mol. The maximum absolute atomic E-state index is 5.28. The van der Waals surface area contributed by atoms with E-state index in [2.05, 4.69) is 164 Å². The van der Waals surface area contributed by atoms with Gasteiger partial charge in [-0.15, -0.1) is 0 Å². The van der Waals surface area contributed by atoms with Crippen LogP contribution in [0.4, 0.5) is 0 Å². The van der Waals surface area contributed by atoms with Crippen molar-refractivity contribution in [3.63, 3.8) is 0 Å². The van der Waals surface area contributed by atoms with Crippen LogP contribution in [0.2, 0.25) is 0 Å². The average Bonchev–Trinajstić information content (AvgIpc) is 3.18. The third-order valence-corrected chi connectivity index (χ3v) is 9.51. The molecule has 0 spiro atoms.